The van der Waals surface area contributed by atoms with Gasteiger partial charge in [-0.15, -0.1) is 11.3 Å². The number of ether oxygens (including phenoxy) is 1. The van der Waals surface area contributed by atoms with Gasteiger partial charge >= 0.3 is 5.97 Å². The molecular formula is C15H21N3O6S2. The number of thiophene rings is 1. The van der Waals surface area contributed by atoms with Crippen LogP contribution in [0.1, 0.15) is 16.6 Å². The summed E-state index contributed by atoms with van der Waals surface area (Å²) in [5, 5.41) is 4.22. The van der Waals surface area contributed by atoms with Crippen molar-refractivity contribution in [3.8, 4) is 0 Å². The van der Waals surface area contributed by atoms with Crippen LogP contribution in [0.3, 0.4) is 0 Å². The topological polar surface area (TPSA) is 113 Å². The van der Waals surface area contributed by atoms with Crippen molar-refractivity contribution in [3.63, 3.8) is 0 Å². The van der Waals surface area contributed by atoms with E-state index in [1.54, 1.807) is 17.5 Å². The monoisotopic (exact) mass is 403 g/mol. The summed E-state index contributed by atoms with van der Waals surface area (Å²) in [7, 11) is -2.32. The number of hydrogen-bond donors (Lipinski definition) is 1. The Morgan fingerprint density at radius 1 is 1.35 bits per heavy atom. The number of esters is 1. The first-order valence-corrected chi connectivity index (χ1v) is 10.6. The lowest BCUT2D eigenvalue weighted by atomic mass is 10.1. The highest BCUT2D eigenvalue weighted by Crippen LogP contribution is 2.19. The minimum atomic E-state index is -3.52. The molecule has 1 aliphatic heterocycles. The van der Waals surface area contributed by atoms with Crippen LogP contribution >= 0.6 is 11.3 Å². The summed E-state index contributed by atoms with van der Waals surface area (Å²) in [5.74, 6) is -1.59. The molecule has 1 saturated heterocycles. The molecule has 1 fully saturated rings. The Morgan fingerprint density at radius 2 is 2.04 bits per heavy atom. The molecule has 11 heteroatoms. The van der Waals surface area contributed by atoms with Crippen LogP contribution in [0, 0.1) is 0 Å². The summed E-state index contributed by atoms with van der Waals surface area (Å²) in [5.41, 5.74) is 0. The van der Waals surface area contributed by atoms with Gasteiger partial charge in [-0.3, -0.25) is 9.59 Å². The fraction of sp³-hybridized carbons (Fsp3) is 0.533. The van der Waals surface area contributed by atoms with Gasteiger partial charge in [0.2, 0.25) is 15.9 Å². The molecule has 0 radical (unpaired) electrons. The van der Waals surface area contributed by atoms with Gasteiger partial charge in [0.15, 0.2) is 0 Å². The Morgan fingerprint density at radius 3 is 2.58 bits per heavy atom. The molecule has 26 heavy (non-hydrogen) atoms. The molecule has 1 aliphatic rings. The van der Waals surface area contributed by atoms with Crippen molar-refractivity contribution in [2.45, 2.75) is 19.0 Å². The van der Waals surface area contributed by atoms with Crippen LogP contribution in [0.5, 0.6) is 0 Å². The number of nitrogens with one attached hydrogen (secondary N) is 1. The third-order valence-electron chi connectivity index (χ3n) is 4.02. The van der Waals surface area contributed by atoms with Gasteiger partial charge in [-0.05, 0) is 18.4 Å². The summed E-state index contributed by atoms with van der Waals surface area (Å²) in [4.78, 5) is 38.7. The second-order valence-corrected chi connectivity index (χ2v) is 8.80. The molecule has 2 atom stereocenters. The first-order chi connectivity index (χ1) is 12.1. The molecule has 0 aromatic carbocycles. The van der Waals surface area contributed by atoms with E-state index in [0.29, 0.717) is 4.88 Å². The highest BCUT2D eigenvalue weighted by molar-refractivity contribution is 7.88. The number of amides is 2. The van der Waals surface area contributed by atoms with E-state index >= 15 is 0 Å². The molecule has 0 saturated carbocycles. The summed E-state index contributed by atoms with van der Waals surface area (Å²) >= 11 is 1.24. The number of rotatable bonds is 5. The number of methoxy groups -OCH3 is 1. The molecule has 0 aliphatic carbocycles. The third kappa shape index (κ3) is 4.59. The van der Waals surface area contributed by atoms with Gasteiger partial charge < -0.3 is 15.0 Å². The largest absolute Gasteiger partial charge is 0.467 e. The molecule has 1 aromatic heterocycles. The Labute approximate surface area is 156 Å². The van der Waals surface area contributed by atoms with E-state index in [1.807, 2.05) is 0 Å². The molecule has 2 heterocycles. The Bertz CT molecular complexity index is 777. The van der Waals surface area contributed by atoms with Crippen LogP contribution in [0.25, 0.3) is 0 Å². The highest BCUT2D eigenvalue weighted by Gasteiger charge is 2.39. The maximum absolute atomic E-state index is 12.7. The lowest BCUT2D eigenvalue weighted by Crippen LogP contribution is -2.62. The van der Waals surface area contributed by atoms with E-state index in [9.17, 15) is 22.8 Å². The van der Waals surface area contributed by atoms with Crippen LogP contribution in [0.15, 0.2) is 17.5 Å². The second-order valence-electron chi connectivity index (χ2n) is 5.87. The van der Waals surface area contributed by atoms with Crippen LogP contribution in [0.4, 0.5) is 0 Å². The zero-order chi connectivity index (χ0) is 19.5. The number of piperazine rings is 1. The predicted molar refractivity (Wildman–Crippen MR) is 95.2 cm³/mol. The maximum Gasteiger partial charge on any atom is 0.328 e. The summed E-state index contributed by atoms with van der Waals surface area (Å²) < 4.78 is 29.4. The molecule has 2 rings (SSSR count). The minimum absolute atomic E-state index is 0.0779. The zero-order valence-electron chi connectivity index (χ0n) is 14.7. The van der Waals surface area contributed by atoms with Gasteiger partial charge in [-0.2, -0.15) is 4.31 Å². The zero-order valence-corrected chi connectivity index (χ0v) is 16.3. The first-order valence-electron chi connectivity index (χ1n) is 7.83. The molecule has 1 aromatic rings. The van der Waals surface area contributed by atoms with Crippen LogP contribution < -0.4 is 5.32 Å². The number of sulfonamides is 1. The van der Waals surface area contributed by atoms with Gasteiger partial charge in [0.25, 0.3) is 5.91 Å². The van der Waals surface area contributed by atoms with Gasteiger partial charge in [-0.25, -0.2) is 13.2 Å². The maximum atomic E-state index is 12.7. The second kappa shape index (κ2) is 8.14. The lowest BCUT2D eigenvalue weighted by Gasteiger charge is -2.39. The van der Waals surface area contributed by atoms with E-state index in [4.69, 9.17) is 0 Å². The summed E-state index contributed by atoms with van der Waals surface area (Å²) in [6.45, 7) is 1.46. The molecule has 0 bridgehead atoms. The highest BCUT2D eigenvalue weighted by atomic mass is 32.2. The van der Waals surface area contributed by atoms with E-state index < -0.39 is 34.0 Å². The molecule has 0 spiro atoms. The average molecular weight is 403 g/mol. The Hall–Kier alpha value is -1.98. The average Bonchev–Trinajstić information content (AvgIpc) is 3.13. The third-order valence-corrected chi connectivity index (χ3v) is 6.15. The number of hydrogen-bond acceptors (Lipinski definition) is 7. The molecule has 2 amide bonds. The van der Waals surface area contributed by atoms with Crippen molar-refractivity contribution in [1.82, 2.24) is 14.5 Å². The number of nitrogens with zero attached hydrogens (tertiary/aromatic N) is 2. The minimum Gasteiger partial charge on any atom is -0.467 e. The fourth-order valence-corrected chi connectivity index (χ4v) is 4.12. The Kier molecular flexibility index (Phi) is 6.37. The van der Waals surface area contributed by atoms with Crippen molar-refractivity contribution in [3.05, 3.63) is 22.4 Å². The quantitative estimate of drug-likeness (QED) is 0.664. The number of carbonyl (C=O) groups excluding carboxylic acids is 3. The SMILES string of the molecule is COC(=O)C(C)NC(=O)C1CN(S(C)(=O)=O)CCN1C(=O)c1cccs1. The van der Waals surface area contributed by atoms with Gasteiger partial charge in [0, 0.05) is 19.6 Å². The van der Waals surface area contributed by atoms with E-state index in [-0.39, 0.29) is 25.5 Å². The van der Waals surface area contributed by atoms with Crippen LogP contribution in [0.2, 0.25) is 0 Å². The lowest BCUT2D eigenvalue weighted by molar-refractivity contribution is -0.145. The predicted octanol–water partition coefficient (Wildman–Crippen LogP) is -0.488. The van der Waals surface area contributed by atoms with Gasteiger partial charge in [0.1, 0.15) is 12.1 Å². The van der Waals surface area contributed by atoms with E-state index in [2.05, 4.69) is 10.1 Å². The first kappa shape index (κ1) is 20.3. The van der Waals surface area contributed by atoms with Crippen LogP contribution in [-0.2, 0) is 24.3 Å². The van der Waals surface area contributed by atoms with Crippen molar-refractivity contribution in [2.75, 3.05) is 33.0 Å². The van der Waals surface area contributed by atoms with Gasteiger partial charge in [-0.1, -0.05) is 6.07 Å². The Balaban J connectivity index is 2.24. The molecular weight excluding hydrogens is 382 g/mol. The summed E-state index contributed by atoms with van der Waals surface area (Å²) in [6.07, 6.45) is 1.05. The van der Waals surface area contributed by atoms with Crippen LogP contribution in [-0.4, -0.2) is 80.5 Å². The number of carbonyl (C=O) groups is 3. The van der Waals surface area contributed by atoms with Gasteiger partial charge in [0.05, 0.1) is 18.2 Å². The van der Waals surface area contributed by atoms with Crippen molar-refractivity contribution in [2.24, 2.45) is 0 Å². The molecule has 2 unspecified atom stereocenters. The van der Waals surface area contributed by atoms with Crippen molar-refractivity contribution < 1.29 is 27.5 Å². The molecule has 9 nitrogen and oxygen atoms in total. The molecule has 144 valence electrons. The smallest absolute Gasteiger partial charge is 0.328 e. The normalized spacial score (nSPS) is 19.7. The fourth-order valence-electron chi connectivity index (χ4n) is 2.61. The van der Waals surface area contributed by atoms with E-state index in [1.165, 1.54) is 30.3 Å². The van der Waals surface area contributed by atoms with E-state index in [0.717, 1.165) is 10.6 Å². The van der Waals surface area contributed by atoms with Crippen molar-refractivity contribution >= 4 is 39.1 Å². The summed E-state index contributed by atoms with van der Waals surface area (Å²) in [6, 6.07) is 1.40. The molecule has 1 N–H and O–H groups in total. The standard InChI is InChI=1S/C15H21N3O6S2/c1-10(15(21)24-2)16-13(19)11-9-17(26(3,22)23)6-7-18(11)14(20)12-5-4-8-25-12/h4-5,8,10-11H,6-7,9H2,1-3H3,(H,16,19). The van der Waals surface area contributed by atoms with Crippen molar-refractivity contribution in [1.29, 1.82) is 0 Å².